The smallest absolute Gasteiger partial charge is 0.261 e. The molecule has 1 fully saturated rings. The number of piperidine rings is 1. The molecule has 6 nitrogen and oxygen atoms in total. The normalized spacial score (nSPS) is 19.0. The van der Waals surface area contributed by atoms with Gasteiger partial charge in [0.2, 0.25) is 5.91 Å². The molecule has 2 heterocycles. The van der Waals surface area contributed by atoms with Gasteiger partial charge < -0.3 is 10.2 Å². The van der Waals surface area contributed by atoms with Gasteiger partial charge in [0.15, 0.2) is 0 Å². The van der Waals surface area contributed by atoms with Crippen LogP contribution >= 0.6 is 0 Å². The zero-order valence-electron chi connectivity index (χ0n) is 13.1. The molecule has 2 amide bonds. The van der Waals surface area contributed by atoms with Gasteiger partial charge in [0, 0.05) is 24.1 Å². The van der Waals surface area contributed by atoms with E-state index in [1.807, 2.05) is 12.1 Å². The summed E-state index contributed by atoms with van der Waals surface area (Å²) in [5.74, 6) is -0.825. The van der Waals surface area contributed by atoms with Crippen molar-refractivity contribution in [1.82, 2.24) is 10.3 Å². The number of amides is 2. The maximum Gasteiger partial charge on any atom is 0.261 e. The SMILES string of the molecule is O=C1CC2=CC(=Cc3ccnc4cc(O)ccc34)CC(O)=C2C(=O)N1. The van der Waals surface area contributed by atoms with Gasteiger partial charge in [-0.2, -0.15) is 0 Å². The lowest BCUT2D eigenvalue weighted by atomic mass is 9.87. The number of nitrogens with zero attached hydrogens (tertiary/aromatic N) is 1. The number of imide groups is 1. The Bertz CT molecular complexity index is 1030. The number of allylic oxidation sites excluding steroid dienone is 2. The molecule has 0 unspecified atom stereocenters. The minimum Gasteiger partial charge on any atom is -0.511 e. The van der Waals surface area contributed by atoms with Crippen LogP contribution in [0.25, 0.3) is 17.0 Å². The zero-order chi connectivity index (χ0) is 17.6. The van der Waals surface area contributed by atoms with E-state index in [9.17, 15) is 19.8 Å². The van der Waals surface area contributed by atoms with Gasteiger partial charge in [-0.05, 0) is 34.9 Å². The Morgan fingerprint density at radius 1 is 1.12 bits per heavy atom. The summed E-state index contributed by atoms with van der Waals surface area (Å²) in [4.78, 5) is 27.7. The molecule has 0 atom stereocenters. The fourth-order valence-electron chi connectivity index (χ4n) is 3.21. The number of aromatic nitrogens is 1. The largest absolute Gasteiger partial charge is 0.511 e. The van der Waals surface area contributed by atoms with Gasteiger partial charge >= 0.3 is 0 Å². The number of aromatic hydroxyl groups is 1. The molecular formula is C19H14N2O4. The van der Waals surface area contributed by atoms with Crippen LogP contribution in [0.4, 0.5) is 0 Å². The topological polar surface area (TPSA) is 99.5 Å². The predicted molar refractivity (Wildman–Crippen MR) is 91.5 cm³/mol. The van der Waals surface area contributed by atoms with Crippen LogP contribution in [0.1, 0.15) is 18.4 Å². The highest BCUT2D eigenvalue weighted by Crippen LogP contribution is 2.33. The molecule has 3 N–H and O–H groups in total. The molecule has 4 rings (SSSR count). The Hall–Kier alpha value is -3.41. The molecule has 1 aromatic heterocycles. The van der Waals surface area contributed by atoms with Gasteiger partial charge in [-0.1, -0.05) is 12.2 Å². The molecule has 1 saturated heterocycles. The molecule has 0 saturated carbocycles. The molecule has 25 heavy (non-hydrogen) atoms. The van der Waals surface area contributed by atoms with E-state index in [2.05, 4.69) is 10.3 Å². The first-order valence-corrected chi connectivity index (χ1v) is 7.77. The van der Waals surface area contributed by atoms with Crippen molar-refractivity contribution in [1.29, 1.82) is 0 Å². The summed E-state index contributed by atoms with van der Waals surface area (Å²) >= 11 is 0. The van der Waals surface area contributed by atoms with Crippen LogP contribution in [-0.2, 0) is 9.59 Å². The number of fused-ring (bicyclic) bond motifs is 2. The van der Waals surface area contributed by atoms with Crippen molar-refractivity contribution < 1.29 is 19.8 Å². The molecule has 124 valence electrons. The van der Waals surface area contributed by atoms with E-state index in [4.69, 9.17) is 0 Å². The Balaban J connectivity index is 1.79. The highest BCUT2D eigenvalue weighted by Gasteiger charge is 2.31. The van der Waals surface area contributed by atoms with Crippen molar-refractivity contribution in [3.05, 3.63) is 64.6 Å². The highest BCUT2D eigenvalue weighted by atomic mass is 16.3. The lowest BCUT2D eigenvalue weighted by Crippen LogP contribution is -2.38. The number of carbonyl (C=O) groups is 2. The van der Waals surface area contributed by atoms with Crippen molar-refractivity contribution in [3.63, 3.8) is 0 Å². The molecule has 0 radical (unpaired) electrons. The second-order valence-corrected chi connectivity index (χ2v) is 6.04. The molecule has 6 heteroatoms. The summed E-state index contributed by atoms with van der Waals surface area (Å²) in [6.45, 7) is 0. The average molecular weight is 334 g/mol. The third kappa shape index (κ3) is 2.67. The third-order valence-electron chi connectivity index (χ3n) is 4.27. The number of aliphatic hydroxyl groups excluding tert-OH is 1. The summed E-state index contributed by atoms with van der Waals surface area (Å²) in [7, 11) is 0. The highest BCUT2D eigenvalue weighted by molar-refractivity contribution is 6.12. The van der Waals surface area contributed by atoms with Crippen LogP contribution in [0.15, 0.2) is 59.0 Å². The first-order chi connectivity index (χ1) is 12.0. The van der Waals surface area contributed by atoms with E-state index in [0.717, 1.165) is 16.5 Å². The maximum absolute atomic E-state index is 11.9. The summed E-state index contributed by atoms with van der Waals surface area (Å²) in [6.07, 6.45) is 5.58. The van der Waals surface area contributed by atoms with Crippen LogP contribution in [-0.4, -0.2) is 27.0 Å². The number of nitrogens with one attached hydrogen (secondary N) is 1. The average Bonchev–Trinajstić information content (AvgIpc) is 2.53. The lowest BCUT2D eigenvalue weighted by Gasteiger charge is -2.23. The summed E-state index contributed by atoms with van der Waals surface area (Å²) in [5, 5.41) is 22.9. The van der Waals surface area contributed by atoms with Crippen LogP contribution in [0.5, 0.6) is 5.75 Å². The number of phenolic OH excluding ortho intramolecular Hbond substituents is 1. The van der Waals surface area contributed by atoms with E-state index in [0.29, 0.717) is 11.1 Å². The van der Waals surface area contributed by atoms with Gasteiger partial charge in [0.25, 0.3) is 5.91 Å². The Kier molecular flexibility index (Phi) is 3.39. The van der Waals surface area contributed by atoms with Crippen molar-refractivity contribution in [2.45, 2.75) is 12.8 Å². The number of aliphatic hydroxyl groups is 1. The Labute approximate surface area is 142 Å². The minimum atomic E-state index is -0.552. The molecule has 1 aliphatic carbocycles. The summed E-state index contributed by atoms with van der Waals surface area (Å²) in [5.41, 5.74) is 3.05. The molecule has 0 bridgehead atoms. The fraction of sp³-hybridized carbons (Fsp3) is 0.105. The van der Waals surface area contributed by atoms with Crippen LogP contribution in [0.3, 0.4) is 0 Å². The minimum absolute atomic E-state index is 0.0373. The third-order valence-corrected chi connectivity index (χ3v) is 4.27. The van der Waals surface area contributed by atoms with E-state index < -0.39 is 5.91 Å². The first-order valence-electron chi connectivity index (χ1n) is 7.77. The van der Waals surface area contributed by atoms with E-state index >= 15 is 0 Å². The van der Waals surface area contributed by atoms with Crippen molar-refractivity contribution in [2.75, 3.05) is 0 Å². The van der Waals surface area contributed by atoms with Gasteiger partial charge in [-0.15, -0.1) is 0 Å². The number of carbonyl (C=O) groups excluding carboxylic acids is 2. The number of rotatable bonds is 1. The second kappa shape index (κ2) is 5.59. The van der Waals surface area contributed by atoms with Crippen molar-refractivity contribution in [2.24, 2.45) is 0 Å². The van der Waals surface area contributed by atoms with Crippen LogP contribution < -0.4 is 5.32 Å². The second-order valence-electron chi connectivity index (χ2n) is 6.04. The standard InChI is InChI=1S/C19H14N2O4/c22-13-1-2-14-11(3-4-20-15(14)9-13)5-10-6-12-8-17(24)21-19(25)18(12)16(23)7-10/h1-6,9,22-23H,7-8H2,(H,21,24,25). The van der Waals surface area contributed by atoms with Crippen molar-refractivity contribution >= 4 is 28.8 Å². The summed E-state index contributed by atoms with van der Waals surface area (Å²) < 4.78 is 0. The van der Waals surface area contributed by atoms with Gasteiger partial charge in [0.05, 0.1) is 17.5 Å². The van der Waals surface area contributed by atoms with E-state index in [1.165, 1.54) is 0 Å². The summed E-state index contributed by atoms with van der Waals surface area (Å²) in [6, 6.07) is 6.78. The Morgan fingerprint density at radius 3 is 2.80 bits per heavy atom. The predicted octanol–water partition coefficient (Wildman–Crippen LogP) is 2.51. The number of hydrogen-bond donors (Lipinski definition) is 3. The molecule has 2 aromatic rings. The first kappa shape index (κ1) is 15.1. The lowest BCUT2D eigenvalue weighted by molar-refractivity contribution is -0.129. The van der Waals surface area contributed by atoms with Crippen molar-refractivity contribution in [3.8, 4) is 5.75 Å². The van der Waals surface area contributed by atoms with Gasteiger partial charge in [-0.3, -0.25) is 19.9 Å². The molecule has 1 aromatic carbocycles. The molecular weight excluding hydrogens is 320 g/mol. The van der Waals surface area contributed by atoms with Gasteiger partial charge in [-0.25, -0.2) is 0 Å². The number of hydrogen-bond acceptors (Lipinski definition) is 5. The van der Waals surface area contributed by atoms with Crippen LogP contribution in [0, 0.1) is 0 Å². The molecule has 1 aliphatic heterocycles. The molecule has 0 spiro atoms. The number of phenols is 1. The monoisotopic (exact) mass is 334 g/mol. The number of pyridine rings is 1. The van der Waals surface area contributed by atoms with E-state index in [-0.39, 0.29) is 35.8 Å². The van der Waals surface area contributed by atoms with Gasteiger partial charge in [0.1, 0.15) is 11.5 Å². The maximum atomic E-state index is 11.9. The van der Waals surface area contributed by atoms with E-state index in [1.54, 1.807) is 30.5 Å². The number of benzene rings is 1. The molecule has 2 aliphatic rings. The zero-order valence-corrected chi connectivity index (χ0v) is 13.1. The fourth-order valence-corrected chi connectivity index (χ4v) is 3.21. The van der Waals surface area contributed by atoms with Crippen LogP contribution in [0.2, 0.25) is 0 Å². The quantitative estimate of drug-likeness (QED) is 0.696. The Morgan fingerprint density at radius 2 is 1.96 bits per heavy atom.